The van der Waals surface area contributed by atoms with Gasteiger partial charge in [0.1, 0.15) is 0 Å². The van der Waals surface area contributed by atoms with Gasteiger partial charge in [-0.2, -0.15) is 23.4 Å². The molecule has 1 aliphatic rings. The number of hydrogen-bond donors (Lipinski definition) is 1. The summed E-state index contributed by atoms with van der Waals surface area (Å²) in [6.45, 7) is 3.61. The van der Waals surface area contributed by atoms with Crippen LogP contribution in [0.3, 0.4) is 0 Å². The Hall–Kier alpha value is -4.06. The molecule has 35 heavy (non-hydrogen) atoms. The number of fused-ring (bicyclic) bond motifs is 1. The largest absolute Gasteiger partial charge is 0.417 e. The van der Waals surface area contributed by atoms with Crippen LogP contribution >= 0.6 is 0 Å². The van der Waals surface area contributed by atoms with Gasteiger partial charge in [-0.3, -0.25) is 4.79 Å². The number of aryl methyl sites for hydroxylation is 1. The Bertz CT molecular complexity index is 1380. The molecule has 0 radical (unpaired) electrons. The molecule has 9 nitrogen and oxygen atoms in total. The smallest absolute Gasteiger partial charge is 0.378 e. The Balaban J connectivity index is 1.71. The number of halogens is 3. The molecule has 4 aromatic rings. The van der Waals surface area contributed by atoms with E-state index >= 15 is 0 Å². The molecule has 1 aliphatic heterocycles. The number of benzene rings is 1. The fraction of sp³-hybridized carbons (Fsp3) is 0.261. The fourth-order valence-electron chi connectivity index (χ4n) is 4.04. The van der Waals surface area contributed by atoms with E-state index < -0.39 is 17.6 Å². The quantitative estimate of drug-likeness (QED) is 0.474. The number of aromatic nitrogens is 5. The van der Waals surface area contributed by atoms with E-state index in [1.807, 2.05) is 4.90 Å². The van der Waals surface area contributed by atoms with Gasteiger partial charge in [-0.05, 0) is 31.2 Å². The molecule has 0 bridgehead atoms. The van der Waals surface area contributed by atoms with Gasteiger partial charge in [0.2, 0.25) is 0 Å². The molecule has 180 valence electrons. The molecule has 1 saturated heterocycles. The normalized spacial score (nSPS) is 14.3. The highest BCUT2D eigenvalue weighted by Crippen LogP contribution is 2.38. The summed E-state index contributed by atoms with van der Waals surface area (Å²) < 4.78 is 48.2. The van der Waals surface area contributed by atoms with Crippen LogP contribution in [0.25, 0.3) is 16.9 Å². The van der Waals surface area contributed by atoms with Crippen molar-refractivity contribution >= 4 is 23.1 Å². The number of imidazole rings is 1. The molecule has 0 saturated carbocycles. The number of rotatable bonds is 4. The summed E-state index contributed by atoms with van der Waals surface area (Å²) in [4.78, 5) is 19.7. The highest BCUT2D eigenvalue weighted by atomic mass is 19.4. The molecule has 1 aromatic carbocycles. The van der Waals surface area contributed by atoms with Gasteiger partial charge in [-0.25, -0.2) is 9.50 Å². The summed E-state index contributed by atoms with van der Waals surface area (Å²) in [6.07, 6.45) is -3.11. The lowest BCUT2D eigenvalue weighted by Crippen LogP contribution is -2.36. The predicted molar refractivity (Wildman–Crippen MR) is 121 cm³/mol. The van der Waals surface area contributed by atoms with Crippen LogP contribution < -0.4 is 10.2 Å². The lowest BCUT2D eigenvalue weighted by atomic mass is 10.0. The third kappa shape index (κ3) is 4.39. The molecule has 12 heteroatoms. The van der Waals surface area contributed by atoms with Crippen molar-refractivity contribution in [2.75, 3.05) is 36.5 Å². The highest BCUT2D eigenvalue weighted by molar-refractivity contribution is 6.04. The first kappa shape index (κ1) is 22.7. The zero-order chi connectivity index (χ0) is 24.6. The number of nitrogens with zero attached hydrogens (tertiary/aromatic N) is 6. The zero-order valence-electron chi connectivity index (χ0n) is 18.6. The number of carbonyl (C=O) groups excluding carboxylic acids is 1. The lowest BCUT2D eigenvalue weighted by molar-refractivity contribution is -0.137. The maximum absolute atomic E-state index is 13.8. The predicted octanol–water partition coefficient (Wildman–Crippen LogP) is 3.60. The van der Waals surface area contributed by atoms with Gasteiger partial charge in [0.15, 0.2) is 17.2 Å². The Morgan fingerprint density at radius 3 is 2.60 bits per heavy atom. The van der Waals surface area contributed by atoms with E-state index in [1.165, 1.54) is 28.9 Å². The van der Waals surface area contributed by atoms with Crippen molar-refractivity contribution in [1.82, 2.24) is 24.8 Å². The molecule has 5 rings (SSSR count). The van der Waals surface area contributed by atoms with E-state index in [0.717, 1.165) is 6.07 Å². The minimum atomic E-state index is -4.58. The molecule has 0 aliphatic carbocycles. The number of ether oxygens (including phenoxy) is 1. The number of amides is 1. The molecule has 0 spiro atoms. The van der Waals surface area contributed by atoms with Crippen LogP contribution in [0.4, 0.5) is 24.7 Å². The third-order valence-electron chi connectivity index (χ3n) is 5.63. The second kappa shape index (κ2) is 8.95. The highest BCUT2D eigenvalue weighted by Gasteiger charge is 2.34. The summed E-state index contributed by atoms with van der Waals surface area (Å²) in [5.74, 6) is -0.337. The van der Waals surface area contributed by atoms with Crippen LogP contribution in [0, 0.1) is 6.92 Å². The van der Waals surface area contributed by atoms with Crippen LogP contribution in [0.5, 0.6) is 0 Å². The minimum Gasteiger partial charge on any atom is -0.378 e. The van der Waals surface area contributed by atoms with Crippen LogP contribution in [-0.4, -0.2) is 57.0 Å². The first-order valence-electron chi connectivity index (χ1n) is 10.8. The monoisotopic (exact) mass is 483 g/mol. The van der Waals surface area contributed by atoms with Crippen molar-refractivity contribution < 1.29 is 22.7 Å². The van der Waals surface area contributed by atoms with Gasteiger partial charge in [0.25, 0.3) is 5.91 Å². The number of morpholine rings is 1. The standard InChI is InChI=1S/C23H20F3N7O2/c1-14-20(22(34)29-19-7-4-8-27-30-19)33-21(28-14)18(32-9-11-35-12-10-32)13-17(31-33)15-5-2-3-6-16(15)23(24,25)26/h2-8,13H,9-12H2,1H3,(H,29,30,34). The van der Waals surface area contributed by atoms with E-state index in [4.69, 9.17) is 4.74 Å². The Morgan fingerprint density at radius 1 is 1.11 bits per heavy atom. The van der Waals surface area contributed by atoms with Crippen LogP contribution in [0.2, 0.25) is 0 Å². The van der Waals surface area contributed by atoms with Gasteiger partial charge in [0, 0.05) is 24.8 Å². The second-order valence-corrected chi connectivity index (χ2v) is 7.90. The number of carbonyl (C=O) groups is 1. The van der Waals surface area contributed by atoms with Crippen molar-refractivity contribution in [3.8, 4) is 11.3 Å². The topological polar surface area (TPSA) is 97.5 Å². The van der Waals surface area contributed by atoms with E-state index in [2.05, 4.69) is 25.6 Å². The van der Waals surface area contributed by atoms with E-state index in [-0.39, 0.29) is 22.8 Å². The van der Waals surface area contributed by atoms with E-state index in [9.17, 15) is 18.0 Å². The minimum absolute atomic E-state index is 0.0675. The van der Waals surface area contributed by atoms with Crippen molar-refractivity contribution in [3.63, 3.8) is 0 Å². The van der Waals surface area contributed by atoms with Gasteiger partial charge in [-0.15, -0.1) is 5.10 Å². The lowest BCUT2D eigenvalue weighted by Gasteiger charge is -2.29. The molecule has 0 atom stereocenters. The summed E-state index contributed by atoms with van der Waals surface area (Å²) in [7, 11) is 0. The van der Waals surface area contributed by atoms with Crippen LogP contribution in [0.1, 0.15) is 21.7 Å². The summed E-state index contributed by atoms with van der Waals surface area (Å²) in [5, 5.41) is 14.7. The van der Waals surface area contributed by atoms with Gasteiger partial charge >= 0.3 is 6.18 Å². The molecule has 1 amide bonds. The second-order valence-electron chi connectivity index (χ2n) is 7.90. The summed E-state index contributed by atoms with van der Waals surface area (Å²) in [6, 6.07) is 9.99. The van der Waals surface area contributed by atoms with Crippen molar-refractivity contribution in [3.05, 3.63) is 65.6 Å². The van der Waals surface area contributed by atoms with Gasteiger partial charge in [-0.1, -0.05) is 18.2 Å². The Morgan fingerprint density at radius 2 is 1.89 bits per heavy atom. The van der Waals surface area contributed by atoms with Crippen LogP contribution in [-0.2, 0) is 10.9 Å². The number of alkyl halides is 3. The number of anilines is 2. The molecule has 1 fully saturated rings. The maximum Gasteiger partial charge on any atom is 0.417 e. The third-order valence-corrected chi connectivity index (χ3v) is 5.63. The average Bonchev–Trinajstić information content (AvgIpc) is 3.20. The summed E-state index contributed by atoms with van der Waals surface area (Å²) in [5.41, 5.74) is 0.545. The number of nitrogens with one attached hydrogen (secondary N) is 1. The zero-order valence-corrected chi connectivity index (χ0v) is 18.6. The molecule has 3 aromatic heterocycles. The van der Waals surface area contributed by atoms with Crippen molar-refractivity contribution in [2.45, 2.75) is 13.1 Å². The fourth-order valence-corrected chi connectivity index (χ4v) is 4.04. The molecule has 4 heterocycles. The van der Waals surface area contributed by atoms with E-state index in [1.54, 1.807) is 25.1 Å². The molecular weight excluding hydrogens is 463 g/mol. The van der Waals surface area contributed by atoms with Crippen molar-refractivity contribution in [1.29, 1.82) is 0 Å². The molecule has 1 N–H and O–H groups in total. The van der Waals surface area contributed by atoms with Gasteiger partial charge in [0.05, 0.1) is 35.9 Å². The molecule has 0 unspecified atom stereocenters. The van der Waals surface area contributed by atoms with Crippen LogP contribution in [0.15, 0.2) is 48.7 Å². The average molecular weight is 483 g/mol. The number of hydrogen-bond acceptors (Lipinski definition) is 7. The molecular formula is C23H20F3N7O2. The van der Waals surface area contributed by atoms with Crippen molar-refractivity contribution in [2.24, 2.45) is 0 Å². The summed E-state index contributed by atoms with van der Waals surface area (Å²) >= 11 is 0. The maximum atomic E-state index is 13.8. The van der Waals surface area contributed by atoms with Gasteiger partial charge < -0.3 is 15.0 Å². The Labute approximate surface area is 197 Å². The first-order valence-corrected chi connectivity index (χ1v) is 10.8. The Kier molecular flexibility index (Phi) is 5.81. The SMILES string of the molecule is Cc1nc2c(N3CCOCC3)cc(-c3ccccc3C(F)(F)F)nn2c1C(=O)Nc1cccnn1. The first-order chi connectivity index (χ1) is 16.8. The van der Waals surface area contributed by atoms with E-state index in [0.29, 0.717) is 43.3 Å².